The highest BCUT2D eigenvalue weighted by molar-refractivity contribution is 6.32. The molecule has 2 amide bonds. The number of ether oxygens (including phenoxy) is 2. The topological polar surface area (TPSA) is 96.3 Å². The second kappa shape index (κ2) is 12.4. The van der Waals surface area contributed by atoms with Crippen LogP contribution in [0.1, 0.15) is 44.9 Å². The van der Waals surface area contributed by atoms with Crippen molar-refractivity contribution >= 4 is 29.1 Å². The fraction of sp³-hybridized carbons (Fsp3) is 0.464. The van der Waals surface area contributed by atoms with Gasteiger partial charge in [0.05, 0.1) is 35.0 Å². The lowest BCUT2D eigenvalue weighted by atomic mass is 9.98. The van der Waals surface area contributed by atoms with Gasteiger partial charge in [-0.05, 0) is 37.1 Å². The van der Waals surface area contributed by atoms with E-state index in [2.05, 4.69) is 15.3 Å². The predicted molar refractivity (Wildman–Crippen MR) is 146 cm³/mol. The Balaban J connectivity index is 1.34. The van der Waals surface area contributed by atoms with Crippen molar-refractivity contribution in [1.29, 1.82) is 0 Å². The molecule has 1 aromatic heterocycles. The monoisotopic (exact) mass is 562 g/mol. The molecule has 8 nitrogen and oxygen atoms in total. The number of hydrogen-bond donors (Lipinski definition) is 2. The lowest BCUT2D eigenvalue weighted by Crippen LogP contribution is -2.42. The SMILES string of the molecule is CC1C=C(CCO)OC(c2cnc(C3=CCN(C(=O)NC4=CC(C)C(OCC(C)(F)F)C=C4)CC3)c(Cl)c2)=N1. The Hall–Kier alpha value is -3.08. The van der Waals surface area contributed by atoms with Crippen molar-refractivity contribution in [2.24, 2.45) is 10.9 Å². The first-order valence-electron chi connectivity index (χ1n) is 12.9. The van der Waals surface area contributed by atoms with E-state index in [1.165, 1.54) is 0 Å². The summed E-state index contributed by atoms with van der Waals surface area (Å²) in [5, 5.41) is 12.6. The summed E-state index contributed by atoms with van der Waals surface area (Å²) in [5.74, 6) is -1.99. The van der Waals surface area contributed by atoms with Crippen molar-refractivity contribution in [2.75, 3.05) is 26.3 Å². The number of rotatable bonds is 8. The highest BCUT2D eigenvalue weighted by Crippen LogP contribution is 2.29. The number of aliphatic hydroxyl groups excluding tert-OH is 1. The molecule has 2 aliphatic heterocycles. The van der Waals surface area contributed by atoms with Crippen LogP contribution in [0.2, 0.25) is 5.02 Å². The lowest BCUT2D eigenvalue weighted by Gasteiger charge is -2.29. The number of urea groups is 1. The number of aliphatic hydroxyl groups is 1. The molecule has 1 aliphatic carbocycles. The fourth-order valence-corrected chi connectivity index (χ4v) is 4.74. The summed E-state index contributed by atoms with van der Waals surface area (Å²) < 4.78 is 37.3. The predicted octanol–water partition coefficient (Wildman–Crippen LogP) is 5.10. The number of alkyl halides is 2. The molecule has 2 N–H and O–H groups in total. The summed E-state index contributed by atoms with van der Waals surface area (Å²) in [5.41, 5.74) is 2.83. The van der Waals surface area contributed by atoms with E-state index in [0.717, 1.165) is 12.5 Å². The highest BCUT2D eigenvalue weighted by atomic mass is 35.5. The zero-order chi connectivity index (χ0) is 28.2. The molecule has 0 fully saturated rings. The number of aliphatic imine (C=N–C) groups is 1. The number of allylic oxidation sites excluding steroid dienone is 1. The summed E-state index contributed by atoms with van der Waals surface area (Å²) in [7, 11) is 0. The summed E-state index contributed by atoms with van der Waals surface area (Å²) in [4.78, 5) is 23.6. The first kappa shape index (κ1) is 28.9. The minimum atomic E-state index is -2.90. The molecule has 0 saturated carbocycles. The number of aromatic nitrogens is 1. The second-order valence-corrected chi connectivity index (χ2v) is 10.4. The molecule has 3 atom stereocenters. The molecular formula is C28H33ClF2N4O4. The summed E-state index contributed by atoms with van der Waals surface area (Å²) >= 11 is 6.59. The van der Waals surface area contributed by atoms with Gasteiger partial charge in [0.1, 0.15) is 12.4 Å². The third-order valence-corrected chi connectivity index (χ3v) is 6.72. The molecule has 39 heavy (non-hydrogen) atoms. The number of pyridine rings is 1. The molecule has 210 valence electrons. The van der Waals surface area contributed by atoms with E-state index in [1.807, 2.05) is 26.0 Å². The number of hydrogen-bond acceptors (Lipinski definition) is 6. The average Bonchev–Trinajstić information content (AvgIpc) is 2.87. The Kier molecular flexibility index (Phi) is 9.19. The molecule has 3 unspecified atom stereocenters. The number of nitrogens with zero attached hydrogens (tertiary/aromatic N) is 3. The van der Waals surface area contributed by atoms with Crippen molar-refractivity contribution in [3.8, 4) is 0 Å². The normalized spacial score (nSPS) is 23.4. The Morgan fingerprint density at radius 3 is 2.79 bits per heavy atom. The van der Waals surface area contributed by atoms with Gasteiger partial charge in [-0.15, -0.1) is 0 Å². The number of halogens is 3. The van der Waals surface area contributed by atoms with Crippen LogP contribution in [0.3, 0.4) is 0 Å². The van der Waals surface area contributed by atoms with Crippen LogP contribution in [-0.4, -0.2) is 71.3 Å². The molecule has 0 bridgehead atoms. The standard InChI is InChI=1S/C28H33ClF2N4O4/c1-17-12-21(4-5-24(17)38-16-28(3,30)31)34-27(37)35-9-6-19(7-10-35)25-23(29)14-20(15-32-25)26-33-18(2)13-22(39-26)8-11-36/h4-6,12-15,17-18,24,36H,7-11,16H2,1-3H3,(H,34,37). The van der Waals surface area contributed by atoms with E-state index in [1.54, 1.807) is 35.4 Å². The molecule has 0 radical (unpaired) electrons. The average molecular weight is 563 g/mol. The minimum Gasteiger partial charge on any atom is -0.443 e. The first-order valence-corrected chi connectivity index (χ1v) is 13.3. The third kappa shape index (κ3) is 7.74. The van der Waals surface area contributed by atoms with Crippen LogP contribution in [0.25, 0.3) is 5.57 Å². The van der Waals surface area contributed by atoms with Crippen LogP contribution in [0.4, 0.5) is 13.6 Å². The van der Waals surface area contributed by atoms with Gasteiger partial charge in [-0.3, -0.25) is 4.98 Å². The second-order valence-electron chi connectivity index (χ2n) is 9.98. The number of carbonyl (C=O) groups is 1. The van der Waals surface area contributed by atoms with Gasteiger partial charge in [0.15, 0.2) is 0 Å². The van der Waals surface area contributed by atoms with Crippen LogP contribution in [0, 0.1) is 5.92 Å². The molecular weight excluding hydrogens is 530 g/mol. The maximum Gasteiger partial charge on any atom is 0.322 e. The quantitative estimate of drug-likeness (QED) is 0.460. The Morgan fingerprint density at radius 2 is 2.15 bits per heavy atom. The van der Waals surface area contributed by atoms with Gasteiger partial charge in [-0.2, -0.15) is 0 Å². The Labute approximate surface area is 231 Å². The first-order chi connectivity index (χ1) is 18.5. The molecule has 11 heteroatoms. The van der Waals surface area contributed by atoms with Gasteiger partial charge in [0.25, 0.3) is 5.92 Å². The number of nitrogens with one attached hydrogen (secondary N) is 1. The molecule has 3 aliphatic rings. The Morgan fingerprint density at radius 1 is 1.36 bits per heavy atom. The zero-order valence-electron chi connectivity index (χ0n) is 22.2. The smallest absolute Gasteiger partial charge is 0.322 e. The van der Waals surface area contributed by atoms with E-state index >= 15 is 0 Å². The lowest BCUT2D eigenvalue weighted by molar-refractivity contribution is -0.0833. The largest absolute Gasteiger partial charge is 0.443 e. The number of amides is 2. The van der Waals surface area contributed by atoms with Gasteiger partial charge in [0, 0.05) is 44.2 Å². The summed E-state index contributed by atoms with van der Waals surface area (Å²) in [6, 6.07) is 1.42. The van der Waals surface area contributed by atoms with E-state index in [-0.39, 0.29) is 24.6 Å². The summed E-state index contributed by atoms with van der Waals surface area (Å²) in [6.07, 6.45) is 11.1. The van der Waals surface area contributed by atoms with Crippen LogP contribution in [-0.2, 0) is 9.47 Å². The molecule has 0 aromatic carbocycles. The van der Waals surface area contributed by atoms with Crippen LogP contribution >= 0.6 is 11.6 Å². The van der Waals surface area contributed by atoms with Gasteiger partial charge >= 0.3 is 6.03 Å². The molecule has 1 aromatic rings. The van der Waals surface area contributed by atoms with Crippen LogP contribution in [0.15, 0.2) is 59.1 Å². The van der Waals surface area contributed by atoms with E-state index in [4.69, 9.17) is 21.1 Å². The Bertz CT molecular complexity index is 1240. The molecule has 0 spiro atoms. The van der Waals surface area contributed by atoms with Crippen molar-refractivity contribution in [2.45, 2.75) is 51.7 Å². The van der Waals surface area contributed by atoms with Gasteiger partial charge < -0.3 is 24.8 Å². The van der Waals surface area contributed by atoms with E-state index in [0.29, 0.717) is 59.6 Å². The van der Waals surface area contributed by atoms with Gasteiger partial charge in [-0.25, -0.2) is 18.6 Å². The van der Waals surface area contributed by atoms with Crippen molar-refractivity contribution in [3.63, 3.8) is 0 Å². The number of carbonyl (C=O) groups excluding carboxylic acids is 1. The maximum atomic E-state index is 13.1. The van der Waals surface area contributed by atoms with Crippen molar-refractivity contribution in [1.82, 2.24) is 15.2 Å². The van der Waals surface area contributed by atoms with Gasteiger partial charge in [0.2, 0.25) is 5.90 Å². The van der Waals surface area contributed by atoms with E-state index in [9.17, 15) is 18.7 Å². The highest BCUT2D eigenvalue weighted by Gasteiger charge is 2.27. The van der Waals surface area contributed by atoms with Gasteiger partial charge in [-0.1, -0.05) is 36.8 Å². The third-order valence-electron chi connectivity index (χ3n) is 6.43. The van der Waals surface area contributed by atoms with Crippen molar-refractivity contribution in [3.05, 3.63) is 70.4 Å². The van der Waals surface area contributed by atoms with Crippen molar-refractivity contribution < 1.29 is 28.2 Å². The molecule has 0 saturated heterocycles. The van der Waals surface area contributed by atoms with E-state index < -0.39 is 18.6 Å². The summed E-state index contributed by atoms with van der Waals surface area (Å²) in [6.45, 7) is 4.79. The molecule has 3 heterocycles. The zero-order valence-corrected chi connectivity index (χ0v) is 22.9. The minimum absolute atomic E-state index is 0.0153. The maximum absolute atomic E-state index is 13.1. The molecule has 4 rings (SSSR count). The fourth-order valence-electron chi connectivity index (χ4n) is 4.46. The van der Waals surface area contributed by atoms with Crippen LogP contribution < -0.4 is 5.32 Å². The van der Waals surface area contributed by atoms with Crippen LogP contribution in [0.5, 0.6) is 0 Å².